The van der Waals surface area contributed by atoms with Gasteiger partial charge in [-0.1, -0.05) is 26.0 Å². The lowest BCUT2D eigenvalue weighted by atomic mass is 10.0. The van der Waals surface area contributed by atoms with Crippen LogP contribution in [-0.4, -0.2) is 5.91 Å². The Balaban J connectivity index is 2.24. The zero-order chi connectivity index (χ0) is 15.6. The fraction of sp³-hybridized carbons (Fsp3) is 0.188. The minimum Gasteiger partial charge on any atom is -0.397 e. The molecule has 0 atom stereocenters. The first-order valence-electron chi connectivity index (χ1n) is 6.55. The van der Waals surface area contributed by atoms with Crippen molar-refractivity contribution in [3.63, 3.8) is 0 Å². The summed E-state index contributed by atoms with van der Waals surface area (Å²) in [5, 5.41) is 2.31. The normalized spacial score (nSPS) is 10.7. The van der Waals surface area contributed by atoms with Gasteiger partial charge in [0.25, 0.3) is 5.91 Å². The van der Waals surface area contributed by atoms with Gasteiger partial charge in [-0.3, -0.25) is 4.79 Å². The van der Waals surface area contributed by atoms with E-state index in [1.54, 1.807) is 12.1 Å². The van der Waals surface area contributed by atoms with Gasteiger partial charge in [-0.15, -0.1) is 0 Å². The molecule has 0 saturated heterocycles. The van der Waals surface area contributed by atoms with Crippen LogP contribution < -0.4 is 11.1 Å². The van der Waals surface area contributed by atoms with Gasteiger partial charge in [-0.25, -0.2) is 8.78 Å². The maximum absolute atomic E-state index is 13.6. The van der Waals surface area contributed by atoms with E-state index in [0.717, 1.165) is 11.6 Å². The lowest BCUT2D eigenvalue weighted by Crippen LogP contribution is -2.15. The van der Waals surface area contributed by atoms with Crippen LogP contribution in [0.4, 0.5) is 20.2 Å². The third-order valence-corrected chi connectivity index (χ3v) is 3.21. The fourth-order valence-electron chi connectivity index (χ4n) is 1.90. The SMILES string of the molecule is CC(C)c1ccc(C(=O)Nc2c(N)ccc(F)c2F)cc1. The fourth-order valence-corrected chi connectivity index (χ4v) is 1.90. The highest BCUT2D eigenvalue weighted by atomic mass is 19.2. The first-order chi connectivity index (χ1) is 9.90. The highest BCUT2D eigenvalue weighted by Crippen LogP contribution is 2.25. The summed E-state index contributed by atoms with van der Waals surface area (Å²) < 4.78 is 26.8. The molecule has 0 heterocycles. The molecule has 3 N–H and O–H groups in total. The number of nitrogen functional groups attached to an aromatic ring is 1. The summed E-state index contributed by atoms with van der Waals surface area (Å²) >= 11 is 0. The molecule has 0 aliphatic rings. The summed E-state index contributed by atoms with van der Waals surface area (Å²) in [6.07, 6.45) is 0. The number of rotatable bonds is 3. The van der Waals surface area contributed by atoms with Crippen molar-refractivity contribution in [2.24, 2.45) is 0 Å². The Labute approximate surface area is 121 Å². The van der Waals surface area contributed by atoms with Gasteiger partial charge in [0.15, 0.2) is 11.6 Å². The van der Waals surface area contributed by atoms with Crippen LogP contribution in [0.15, 0.2) is 36.4 Å². The topological polar surface area (TPSA) is 55.1 Å². The van der Waals surface area contributed by atoms with E-state index < -0.39 is 17.5 Å². The van der Waals surface area contributed by atoms with E-state index in [1.807, 2.05) is 26.0 Å². The summed E-state index contributed by atoms with van der Waals surface area (Å²) in [5.41, 5.74) is 6.63. The standard InChI is InChI=1S/C16H16F2N2O/c1-9(2)10-3-5-11(6-4-10)16(21)20-15-13(19)8-7-12(17)14(15)18/h3-9H,19H2,1-2H3,(H,20,21). The van der Waals surface area contributed by atoms with E-state index in [2.05, 4.69) is 5.32 Å². The summed E-state index contributed by atoms with van der Waals surface area (Å²) in [4.78, 5) is 12.1. The zero-order valence-electron chi connectivity index (χ0n) is 11.8. The molecule has 2 rings (SSSR count). The van der Waals surface area contributed by atoms with Crippen LogP contribution in [0.3, 0.4) is 0 Å². The molecule has 0 spiro atoms. The number of hydrogen-bond acceptors (Lipinski definition) is 2. The average molecular weight is 290 g/mol. The molecule has 110 valence electrons. The van der Waals surface area contributed by atoms with Crippen molar-refractivity contribution in [2.45, 2.75) is 19.8 Å². The molecule has 0 saturated carbocycles. The molecule has 0 radical (unpaired) electrons. The minimum absolute atomic E-state index is 0.0268. The van der Waals surface area contributed by atoms with Gasteiger partial charge in [0.1, 0.15) is 5.69 Å². The summed E-state index contributed by atoms with van der Waals surface area (Å²) in [6, 6.07) is 9.04. The third-order valence-electron chi connectivity index (χ3n) is 3.21. The van der Waals surface area contributed by atoms with Crippen molar-refractivity contribution in [2.75, 3.05) is 11.1 Å². The number of anilines is 2. The summed E-state index contributed by atoms with van der Waals surface area (Å²) in [7, 11) is 0. The van der Waals surface area contributed by atoms with Crippen molar-refractivity contribution >= 4 is 17.3 Å². The molecule has 0 aliphatic carbocycles. The first-order valence-corrected chi connectivity index (χ1v) is 6.55. The number of benzene rings is 2. The molecule has 21 heavy (non-hydrogen) atoms. The molecule has 0 aliphatic heterocycles. The highest BCUT2D eigenvalue weighted by molar-refractivity contribution is 6.05. The maximum Gasteiger partial charge on any atom is 0.255 e. The number of nitrogens with two attached hydrogens (primary N) is 1. The maximum atomic E-state index is 13.6. The van der Waals surface area contributed by atoms with Crippen molar-refractivity contribution in [1.29, 1.82) is 0 Å². The smallest absolute Gasteiger partial charge is 0.255 e. The van der Waals surface area contributed by atoms with Crippen LogP contribution in [0.5, 0.6) is 0 Å². The number of carbonyl (C=O) groups excluding carboxylic acids is 1. The second kappa shape index (κ2) is 5.91. The van der Waals surface area contributed by atoms with E-state index in [9.17, 15) is 13.6 Å². The van der Waals surface area contributed by atoms with E-state index in [4.69, 9.17) is 5.73 Å². The van der Waals surface area contributed by atoms with Gasteiger partial charge in [0, 0.05) is 5.56 Å². The largest absolute Gasteiger partial charge is 0.397 e. The van der Waals surface area contributed by atoms with E-state index in [-0.39, 0.29) is 11.4 Å². The minimum atomic E-state index is -1.16. The molecule has 2 aromatic rings. The van der Waals surface area contributed by atoms with E-state index in [1.165, 1.54) is 6.07 Å². The third kappa shape index (κ3) is 3.18. The summed E-state index contributed by atoms with van der Waals surface area (Å²) in [6.45, 7) is 4.08. The van der Waals surface area contributed by atoms with Crippen LogP contribution in [0.1, 0.15) is 35.7 Å². The number of carbonyl (C=O) groups is 1. The van der Waals surface area contributed by atoms with Crippen molar-refractivity contribution in [3.05, 3.63) is 59.2 Å². The highest BCUT2D eigenvalue weighted by Gasteiger charge is 2.15. The van der Waals surface area contributed by atoms with Crippen LogP contribution in [0.25, 0.3) is 0 Å². The van der Waals surface area contributed by atoms with Crippen LogP contribution in [0.2, 0.25) is 0 Å². The number of nitrogens with one attached hydrogen (secondary N) is 1. The molecular formula is C16H16F2N2O. The Hall–Kier alpha value is -2.43. The van der Waals surface area contributed by atoms with Crippen LogP contribution in [0, 0.1) is 11.6 Å². The molecule has 0 fully saturated rings. The molecule has 5 heteroatoms. The lowest BCUT2D eigenvalue weighted by Gasteiger charge is -2.11. The van der Waals surface area contributed by atoms with Gasteiger partial charge in [-0.2, -0.15) is 0 Å². The second-order valence-electron chi connectivity index (χ2n) is 5.06. The monoisotopic (exact) mass is 290 g/mol. The Morgan fingerprint density at radius 1 is 1.10 bits per heavy atom. The Kier molecular flexibility index (Phi) is 4.21. The molecule has 0 unspecified atom stereocenters. The van der Waals surface area contributed by atoms with Gasteiger partial charge in [0.05, 0.1) is 5.69 Å². The zero-order valence-corrected chi connectivity index (χ0v) is 11.8. The first kappa shape index (κ1) is 15.0. The van der Waals surface area contributed by atoms with Gasteiger partial charge in [-0.05, 0) is 35.7 Å². The number of halogens is 2. The van der Waals surface area contributed by atoms with Gasteiger partial charge >= 0.3 is 0 Å². The van der Waals surface area contributed by atoms with Gasteiger partial charge in [0.2, 0.25) is 0 Å². The van der Waals surface area contributed by atoms with E-state index >= 15 is 0 Å². The molecule has 3 nitrogen and oxygen atoms in total. The van der Waals surface area contributed by atoms with Crippen molar-refractivity contribution in [1.82, 2.24) is 0 Å². The molecule has 0 bridgehead atoms. The molecule has 0 aromatic heterocycles. The number of hydrogen-bond donors (Lipinski definition) is 2. The molecule has 1 amide bonds. The summed E-state index contributed by atoms with van der Waals surface area (Å²) in [5.74, 6) is -2.42. The predicted octanol–water partition coefficient (Wildman–Crippen LogP) is 3.92. The van der Waals surface area contributed by atoms with Gasteiger partial charge < -0.3 is 11.1 Å². The van der Waals surface area contributed by atoms with Crippen LogP contribution >= 0.6 is 0 Å². The van der Waals surface area contributed by atoms with Crippen LogP contribution in [-0.2, 0) is 0 Å². The van der Waals surface area contributed by atoms with Crippen molar-refractivity contribution in [3.8, 4) is 0 Å². The Bertz CT molecular complexity index is 667. The predicted molar refractivity (Wildman–Crippen MR) is 79.3 cm³/mol. The Morgan fingerprint density at radius 3 is 2.29 bits per heavy atom. The lowest BCUT2D eigenvalue weighted by molar-refractivity contribution is 0.102. The molecular weight excluding hydrogens is 274 g/mol. The average Bonchev–Trinajstić information content (AvgIpc) is 2.47. The quantitative estimate of drug-likeness (QED) is 0.842. The van der Waals surface area contributed by atoms with E-state index in [0.29, 0.717) is 11.5 Å². The second-order valence-corrected chi connectivity index (χ2v) is 5.06. The number of amides is 1. The Morgan fingerprint density at radius 2 is 1.71 bits per heavy atom. The molecule has 2 aromatic carbocycles. The van der Waals surface area contributed by atoms with Crippen molar-refractivity contribution < 1.29 is 13.6 Å².